The zero-order valence-electron chi connectivity index (χ0n) is 16.1. The van der Waals surface area contributed by atoms with Crippen molar-refractivity contribution in [1.82, 2.24) is 14.8 Å². The monoisotopic (exact) mass is 391 g/mol. The van der Waals surface area contributed by atoms with Gasteiger partial charge in [0.15, 0.2) is 5.76 Å². The molecule has 0 atom stereocenters. The Kier molecular flexibility index (Phi) is 5.39. The zero-order chi connectivity index (χ0) is 19.8. The predicted octanol–water partition coefficient (Wildman–Crippen LogP) is 2.49. The van der Waals surface area contributed by atoms with Crippen LogP contribution in [0.3, 0.4) is 0 Å². The van der Waals surface area contributed by atoms with E-state index in [1.807, 2.05) is 32.0 Å². The van der Waals surface area contributed by atoms with Gasteiger partial charge in [-0.1, -0.05) is 11.2 Å². The molecule has 1 N–H and O–H groups in total. The third-order valence-corrected chi connectivity index (χ3v) is 7.27. The highest BCUT2D eigenvalue weighted by Crippen LogP contribution is 2.26. The first-order valence-corrected chi connectivity index (χ1v) is 10.5. The van der Waals surface area contributed by atoms with E-state index >= 15 is 0 Å². The largest absolute Gasteiger partial charge is 0.360 e. The van der Waals surface area contributed by atoms with Crippen LogP contribution in [0.4, 0.5) is 0 Å². The standard InChI is InChI=1S/C19H25N3O4S/c1-12-5-6-16(11-13(12)2)19(23)20-17-7-9-22(10-8-17)27(24,25)18-14(3)21-26-15(18)4/h5-6,11,17H,7-10H2,1-4H3,(H,20,23). The lowest BCUT2D eigenvalue weighted by atomic mass is 10.0. The van der Waals surface area contributed by atoms with Crippen molar-refractivity contribution in [3.05, 3.63) is 46.3 Å². The second-order valence-electron chi connectivity index (χ2n) is 7.10. The van der Waals surface area contributed by atoms with Gasteiger partial charge in [-0.2, -0.15) is 4.31 Å². The molecule has 1 aliphatic heterocycles. The van der Waals surface area contributed by atoms with Crippen molar-refractivity contribution in [1.29, 1.82) is 0 Å². The maximum Gasteiger partial charge on any atom is 0.251 e. The predicted molar refractivity (Wildman–Crippen MR) is 101 cm³/mol. The van der Waals surface area contributed by atoms with Gasteiger partial charge in [0.25, 0.3) is 5.91 Å². The van der Waals surface area contributed by atoms with Gasteiger partial charge >= 0.3 is 0 Å². The molecule has 146 valence electrons. The van der Waals surface area contributed by atoms with Gasteiger partial charge in [-0.25, -0.2) is 8.42 Å². The van der Waals surface area contributed by atoms with Crippen LogP contribution in [-0.4, -0.2) is 42.9 Å². The van der Waals surface area contributed by atoms with Crippen LogP contribution in [0.2, 0.25) is 0 Å². The van der Waals surface area contributed by atoms with Crippen LogP contribution < -0.4 is 5.32 Å². The van der Waals surface area contributed by atoms with Gasteiger partial charge in [0.2, 0.25) is 10.0 Å². The van der Waals surface area contributed by atoms with Crippen LogP contribution >= 0.6 is 0 Å². The summed E-state index contributed by atoms with van der Waals surface area (Å²) in [6.45, 7) is 7.91. The molecule has 7 nitrogen and oxygen atoms in total. The maximum atomic E-state index is 12.8. The van der Waals surface area contributed by atoms with Gasteiger partial charge in [-0.15, -0.1) is 0 Å². The zero-order valence-corrected chi connectivity index (χ0v) is 16.9. The van der Waals surface area contributed by atoms with Crippen molar-refractivity contribution in [3.63, 3.8) is 0 Å². The molecule has 0 spiro atoms. The molecule has 3 rings (SSSR count). The van der Waals surface area contributed by atoms with Gasteiger partial charge in [-0.05, 0) is 63.8 Å². The van der Waals surface area contributed by atoms with Crippen LogP contribution in [0.5, 0.6) is 0 Å². The lowest BCUT2D eigenvalue weighted by Crippen LogP contribution is -2.46. The Balaban J connectivity index is 1.63. The van der Waals surface area contributed by atoms with E-state index in [2.05, 4.69) is 10.5 Å². The average Bonchev–Trinajstić information content (AvgIpc) is 2.97. The Morgan fingerprint density at radius 2 is 1.81 bits per heavy atom. The molecule has 1 saturated heterocycles. The van der Waals surface area contributed by atoms with Crippen LogP contribution in [-0.2, 0) is 10.0 Å². The summed E-state index contributed by atoms with van der Waals surface area (Å²) in [5.74, 6) is 0.183. The Labute approximate surface area is 159 Å². The van der Waals surface area contributed by atoms with Crippen LogP contribution in [0.15, 0.2) is 27.6 Å². The number of aryl methyl sites for hydroxylation is 4. The number of nitrogens with one attached hydrogen (secondary N) is 1. The SMILES string of the molecule is Cc1ccc(C(=O)NC2CCN(S(=O)(=O)c3c(C)noc3C)CC2)cc1C. The summed E-state index contributed by atoms with van der Waals surface area (Å²) < 4.78 is 32.1. The smallest absolute Gasteiger partial charge is 0.251 e. The van der Waals surface area contributed by atoms with Crippen molar-refractivity contribution in [2.75, 3.05) is 13.1 Å². The Hall–Kier alpha value is -2.19. The van der Waals surface area contributed by atoms with E-state index in [9.17, 15) is 13.2 Å². The number of benzene rings is 1. The fourth-order valence-corrected chi connectivity index (χ4v) is 5.12. The number of rotatable bonds is 4. The van der Waals surface area contributed by atoms with Crippen LogP contribution in [0.1, 0.15) is 45.8 Å². The summed E-state index contributed by atoms with van der Waals surface area (Å²) in [5, 5.41) is 6.76. The lowest BCUT2D eigenvalue weighted by Gasteiger charge is -2.31. The molecule has 8 heteroatoms. The van der Waals surface area contributed by atoms with E-state index in [4.69, 9.17) is 4.52 Å². The summed E-state index contributed by atoms with van der Waals surface area (Å²) in [4.78, 5) is 12.6. The number of amides is 1. The fourth-order valence-electron chi connectivity index (χ4n) is 3.36. The minimum absolute atomic E-state index is 0.0461. The van der Waals surface area contributed by atoms with E-state index in [1.165, 1.54) is 4.31 Å². The topological polar surface area (TPSA) is 92.5 Å². The number of hydrogen-bond acceptors (Lipinski definition) is 5. The van der Waals surface area contributed by atoms with Crippen LogP contribution in [0, 0.1) is 27.7 Å². The van der Waals surface area contributed by atoms with Gasteiger partial charge in [0.1, 0.15) is 10.6 Å². The molecular formula is C19H25N3O4S. The van der Waals surface area contributed by atoms with Crippen molar-refractivity contribution in [2.24, 2.45) is 0 Å². The molecule has 1 aromatic carbocycles. The highest BCUT2D eigenvalue weighted by atomic mass is 32.2. The first-order valence-electron chi connectivity index (χ1n) is 9.01. The van der Waals surface area contributed by atoms with Crippen molar-refractivity contribution < 1.29 is 17.7 Å². The van der Waals surface area contributed by atoms with Crippen LogP contribution in [0.25, 0.3) is 0 Å². The summed E-state index contributed by atoms with van der Waals surface area (Å²) in [7, 11) is -3.63. The molecule has 1 fully saturated rings. The molecule has 1 amide bonds. The first-order chi connectivity index (χ1) is 12.7. The van der Waals surface area contributed by atoms with E-state index in [0.717, 1.165) is 11.1 Å². The van der Waals surface area contributed by atoms with Crippen molar-refractivity contribution in [2.45, 2.75) is 51.5 Å². The normalized spacial score (nSPS) is 16.4. The van der Waals surface area contributed by atoms with Crippen molar-refractivity contribution >= 4 is 15.9 Å². The third kappa shape index (κ3) is 3.91. The van der Waals surface area contributed by atoms with E-state index in [1.54, 1.807) is 13.8 Å². The summed E-state index contributed by atoms with van der Waals surface area (Å²) >= 11 is 0. The number of piperidine rings is 1. The van der Waals surface area contributed by atoms with Gasteiger partial charge in [0, 0.05) is 24.7 Å². The summed E-state index contributed by atoms with van der Waals surface area (Å²) in [5.41, 5.74) is 3.22. The Morgan fingerprint density at radius 1 is 1.15 bits per heavy atom. The molecule has 0 radical (unpaired) electrons. The molecule has 0 unspecified atom stereocenters. The molecule has 1 aromatic heterocycles. The molecule has 0 saturated carbocycles. The fraction of sp³-hybridized carbons (Fsp3) is 0.474. The van der Waals surface area contributed by atoms with E-state index in [0.29, 0.717) is 42.9 Å². The van der Waals surface area contributed by atoms with E-state index in [-0.39, 0.29) is 16.8 Å². The van der Waals surface area contributed by atoms with Gasteiger partial charge in [-0.3, -0.25) is 4.79 Å². The third-order valence-electron chi connectivity index (χ3n) is 5.12. The molecule has 27 heavy (non-hydrogen) atoms. The first kappa shape index (κ1) is 19.6. The number of carbonyl (C=O) groups is 1. The second-order valence-corrected chi connectivity index (χ2v) is 8.98. The highest BCUT2D eigenvalue weighted by molar-refractivity contribution is 7.89. The quantitative estimate of drug-likeness (QED) is 0.864. The summed E-state index contributed by atoms with van der Waals surface area (Å²) in [6, 6.07) is 5.58. The highest BCUT2D eigenvalue weighted by Gasteiger charge is 2.34. The molecule has 0 aliphatic carbocycles. The summed E-state index contributed by atoms with van der Waals surface area (Å²) in [6.07, 6.45) is 1.14. The second kappa shape index (κ2) is 7.44. The molecule has 2 heterocycles. The minimum atomic E-state index is -3.63. The molecule has 1 aliphatic rings. The minimum Gasteiger partial charge on any atom is -0.360 e. The van der Waals surface area contributed by atoms with Crippen molar-refractivity contribution in [3.8, 4) is 0 Å². The lowest BCUT2D eigenvalue weighted by molar-refractivity contribution is 0.0923. The number of nitrogens with zero attached hydrogens (tertiary/aromatic N) is 2. The van der Waals surface area contributed by atoms with Gasteiger partial charge < -0.3 is 9.84 Å². The van der Waals surface area contributed by atoms with E-state index < -0.39 is 10.0 Å². The average molecular weight is 391 g/mol. The number of carbonyl (C=O) groups excluding carboxylic acids is 1. The number of hydrogen-bond donors (Lipinski definition) is 1. The molecule has 0 bridgehead atoms. The number of aromatic nitrogens is 1. The Bertz CT molecular complexity index is 938. The number of sulfonamides is 1. The molecular weight excluding hydrogens is 366 g/mol. The molecule has 2 aromatic rings. The maximum absolute atomic E-state index is 12.8. The van der Waals surface area contributed by atoms with Gasteiger partial charge in [0.05, 0.1) is 0 Å². The Morgan fingerprint density at radius 3 is 2.37 bits per heavy atom.